The minimum Gasteiger partial charge on any atom is -0.478 e. The first kappa shape index (κ1) is 19.0. The first-order valence-electron chi connectivity index (χ1n) is 8.37. The zero-order valence-corrected chi connectivity index (χ0v) is 15.6. The van der Waals surface area contributed by atoms with Gasteiger partial charge in [0.15, 0.2) is 5.75 Å². The highest BCUT2D eigenvalue weighted by molar-refractivity contribution is 7.89. The number of nitrogens with zero attached hydrogens (tertiary/aromatic N) is 1. The second kappa shape index (κ2) is 7.09. The SMILES string of the molecule is CC1CCN(c2cc(C(=O)O)cc(S(N)(=O)=O)c2Oc2ccc(N)cc2)C1. The molecule has 2 aromatic carbocycles. The Kier molecular flexibility index (Phi) is 4.99. The van der Waals surface area contributed by atoms with Crippen LogP contribution in [0.4, 0.5) is 11.4 Å². The van der Waals surface area contributed by atoms with Crippen molar-refractivity contribution in [3.8, 4) is 11.5 Å². The summed E-state index contributed by atoms with van der Waals surface area (Å²) in [6.45, 7) is 3.39. The number of ether oxygens (including phenoxy) is 1. The standard InChI is InChI=1S/C18H21N3O5S/c1-11-6-7-21(10-11)15-8-12(18(22)23)9-16(27(20,24)25)17(15)26-14-4-2-13(19)3-5-14/h2-5,8-9,11H,6-7,10,19H2,1H3,(H,22,23)(H2,20,24,25). The number of hydrogen-bond donors (Lipinski definition) is 3. The van der Waals surface area contributed by atoms with Gasteiger partial charge in [0.2, 0.25) is 10.0 Å². The predicted octanol–water partition coefficient (Wildman–Crippen LogP) is 2.25. The molecule has 0 saturated carbocycles. The smallest absolute Gasteiger partial charge is 0.335 e. The molecule has 3 rings (SSSR count). The molecule has 1 aliphatic rings. The van der Waals surface area contributed by atoms with E-state index in [4.69, 9.17) is 15.6 Å². The molecular weight excluding hydrogens is 370 g/mol. The number of hydrogen-bond acceptors (Lipinski definition) is 6. The summed E-state index contributed by atoms with van der Waals surface area (Å²) < 4.78 is 30.2. The van der Waals surface area contributed by atoms with E-state index < -0.39 is 16.0 Å². The second-order valence-corrected chi connectivity index (χ2v) is 8.21. The van der Waals surface area contributed by atoms with Gasteiger partial charge in [-0.1, -0.05) is 6.92 Å². The third-order valence-electron chi connectivity index (χ3n) is 4.45. The molecule has 0 amide bonds. The predicted molar refractivity (Wildman–Crippen MR) is 102 cm³/mol. The van der Waals surface area contributed by atoms with Gasteiger partial charge in [-0.3, -0.25) is 0 Å². The van der Waals surface area contributed by atoms with E-state index in [0.717, 1.165) is 12.5 Å². The Hall–Kier alpha value is -2.78. The van der Waals surface area contributed by atoms with Gasteiger partial charge in [0.05, 0.1) is 11.3 Å². The lowest BCUT2D eigenvalue weighted by Gasteiger charge is -2.24. The lowest BCUT2D eigenvalue weighted by Crippen LogP contribution is -2.22. The van der Waals surface area contributed by atoms with Crippen LogP contribution < -0.4 is 20.5 Å². The molecule has 1 saturated heterocycles. The molecule has 1 heterocycles. The molecule has 0 bridgehead atoms. The number of rotatable bonds is 5. The van der Waals surface area contributed by atoms with Crippen molar-refractivity contribution in [3.63, 3.8) is 0 Å². The van der Waals surface area contributed by atoms with E-state index in [0.29, 0.717) is 36.1 Å². The molecule has 0 aromatic heterocycles. The van der Waals surface area contributed by atoms with E-state index in [-0.39, 0.29) is 16.2 Å². The van der Waals surface area contributed by atoms with E-state index in [9.17, 15) is 18.3 Å². The van der Waals surface area contributed by atoms with Crippen LogP contribution in [0.2, 0.25) is 0 Å². The molecule has 0 aliphatic carbocycles. The van der Waals surface area contributed by atoms with Crippen molar-refractivity contribution >= 4 is 27.4 Å². The molecule has 144 valence electrons. The number of nitrogen functional groups attached to an aromatic ring is 1. The topological polar surface area (TPSA) is 136 Å². The van der Waals surface area contributed by atoms with Crippen molar-refractivity contribution < 1.29 is 23.1 Å². The normalized spacial score (nSPS) is 17.1. The van der Waals surface area contributed by atoms with Crippen molar-refractivity contribution in [2.75, 3.05) is 23.7 Å². The molecule has 27 heavy (non-hydrogen) atoms. The summed E-state index contributed by atoms with van der Waals surface area (Å²) in [5.74, 6) is -0.472. The number of benzene rings is 2. The molecule has 0 spiro atoms. The van der Waals surface area contributed by atoms with Crippen LogP contribution in [-0.4, -0.2) is 32.6 Å². The Morgan fingerprint density at radius 3 is 2.44 bits per heavy atom. The fraction of sp³-hybridized carbons (Fsp3) is 0.278. The summed E-state index contributed by atoms with van der Waals surface area (Å²) in [4.78, 5) is 13.1. The van der Waals surface area contributed by atoms with Crippen molar-refractivity contribution in [3.05, 3.63) is 42.0 Å². The molecule has 1 unspecified atom stereocenters. The summed E-state index contributed by atoms with van der Waals surface area (Å²) in [7, 11) is -4.22. The van der Waals surface area contributed by atoms with E-state index in [2.05, 4.69) is 6.92 Å². The van der Waals surface area contributed by atoms with Gasteiger partial charge in [0.1, 0.15) is 10.6 Å². The van der Waals surface area contributed by atoms with Crippen LogP contribution in [0.1, 0.15) is 23.7 Å². The van der Waals surface area contributed by atoms with Gasteiger partial charge < -0.3 is 20.5 Å². The van der Waals surface area contributed by atoms with Crippen LogP contribution in [0.25, 0.3) is 0 Å². The average molecular weight is 391 g/mol. The quantitative estimate of drug-likeness (QED) is 0.665. The van der Waals surface area contributed by atoms with E-state index in [1.807, 2.05) is 4.90 Å². The molecule has 1 aliphatic heterocycles. The van der Waals surface area contributed by atoms with Crippen LogP contribution in [0.5, 0.6) is 11.5 Å². The monoisotopic (exact) mass is 391 g/mol. The van der Waals surface area contributed by atoms with Crippen LogP contribution >= 0.6 is 0 Å². The van der Waals surface area contributed by atoms with E-state index in [1.54, 1.807) is 24.3 Å². The van der Waals surface area contributed by atoms with Crippen LogP contribution in [0.3, 0.4) is 0 Å². The summed E-state index contributed by atoms with van der Waals surface area (Å²) in [5.41, 5.74) is 6.42. The molecule has 9 heteroatoms. The zero-order valence-electron chi connectivity index (χ0n) is 14.8. The lowest BCUT2D eigenvalue weighted by atomic mass is 10.1. The summed E-state index contributed by atoms with van der Waals surface area (Å²) in [6.07, 6.45) is 0.906. The fourth-order valence-electron chi connectivity index (χ4n) is 3.07. The summed E-state index contributed by atoms with van der Waals surface area (Å²) in [6, 6.07) is 8.88. The highest BCUT2D eigenvalue weighted by Crippen LogP contribution is 2.41. The Morgan fingerprint density at radius 1 is 1.26 bits per heavy atom. The number of aromatic carboxylic acids is 1. The first-order chi connectivity index (χ1) is 12.6. The third-order valence-corrected chi connectivity index (χ3v) is 5.37. The van der Waals surface area contributed by atoms with Crippen LogP contribution in [0, 0.1) is 5.92 Å². The number of nitrogens with two attached hydrogens (primary N) is 2. The summed E-state index contributed by atoms with van der Waals surface area (Å²) >= 11 is 0. The number of carbonyl (C=O) groups is 1. The molecule has 2 aromatic rings. The first-order valence-corrected chi connectivity index (χ1v) is 9.92. The number of anilines is 2. The summed E-state index contributed by atoms with van der Waals surface area (Å²) in [5, 5.41) is 14.8. The van der Waals surface area contributed by atoms with Gasteiger partial charge in [0.25, 0.3) is 0 Å². The lowest BCUT2D eigenvalue weighted by molar-refractivity contribution is 0.0696. The van der Waals surface area contributed by atoms with Crippen molar-refractivity contribution in [2.24, 2.45) is 11.1 Å². The number of primary sulfonamides is 1. The maximum Gasteiger partial charge on any atom is 0.335 e. The third kappa shape index (κ3) is 4.15. The van der Waals surface area contributed by atoms with E-state index in [1.165, 1.54) is 6.07 Å². The molecular formula is C18H21N3O5S. The fourth-order valence-corrected chi connectivity index (χ4v) is 3.76. The number of sulfonamides is 1. The largest absolute Gasteiger partial charge is 0.478 e. The highest BCUT2D eigenvalue weighted by Gasteiger charge is 2.29. The van der Waals surface area contributed by atoms with Gasteiger partial charge >= 0.3 is 5.97 Å². The van der Waals surface area contributed by atoms with Gasteiger partial charge in [-0.05, 0) is 48.7 Å². The minimum atomic E-state index is -4.22. The maximum atomic E-state index is 12.2. The van der Waals surface area contributed by atoms with Crippen LogP contribution in [0.15, 0.2) is 41.3 Å². The Labute approximate surface area is 157 Å². The molecule has 8 nitrogen and oxygen atoms in total. The van der Waals surface area contributed by atoms with Crippen molar-refractivity contribution in [1.29, 1.82) is 0 Å². The zero-order chi connectivity index (χ0) is 19.8. The molecule has 1 fully saturated rings. The van der Waals surface area contributed by atoms with Crippen molar-refractivity contribution in [1.82, 2.24) is 0 Å². The minimum absolute atomic E-state index is 0.0152. The maximum absolute atomic E-state index is 12.2. The number of carboxylic acid groups (broad SMARTS) is 1. The highest BCUT2D eigenvalue weighted by atomic mass is 32.2. The van der Waals surface area contributed by atoms with Crippen molar-refractivity contribution in [2.45, 2.75) is 18.2 Å². The molecule has 0 radical (unpaired) electrons. The van der Waals surface area contributed by atoms with Gasteiger partial charge in [0, 0.05) is 18.8 Å². The Balaban J connectivity index is 2.19. The van der Waals surface area contributed by atoms with Gasteiger partial charge in [-0.25, -0.2) is 18.4 Å². The van der Waals surface area contributed by atoms with Gasteiger partial charge in [-0.2, -0.15) is 0 Å². The van der Waals surface area contributed by atoms with E-state index >= 15 is 0 Å². The Bertz CT molecular complexity index is 973. The van der Waals surface area contributed by atoms with Crippen LogP contribution in [-0.2, 0) is 10.0 Å². The Morgan fingerprint density at radius 2 is 1.93 bits per heavy atom. The number of carboxylic acids is 1. The second-order valence-electron chi connectivity index (χ2n) is 6.68. The van der Waals surface area contributed by atoms with Gasteiger partial charge in [-0.15, -0.1) is 0 Å². The molecule has 5 N–H and O–H groups in total. The average Bonchev–Trinajstić information content (AvgIpc) is 3.02. The molecule has 1 atom stereocenters.